The number of aromatic nitrogens is 3. The number of anilines is 1. The lowest BCUT2D eigenvalue weighted by atomic mass is 10.2. The summed E-state index contributed by atoms with van der Waals surface area (Å²) < 4.78 is 1.71. The molecule has 20 heavy (non-hydrogen) atoms. The topological polar surface area (TPSA) is 92.6 Å². The third-order valence-electron chi connectivity index (χ3n) is 3.04. The Labute approximate surface area is 117 Å². The van der Waals surface area contributed by atoms with Crippen LogP contribution in [0.5, 0.6) is 0 Å². The molecule has 0 bridgehead atoms. The van der Waals surface area contributed by atoms with Gasteiger partial charge in [-0.25, -0.2) is 0 Å². The van der Waals surface area contributed by atoms with Crippen molar-refractivity contribution in [2.45, 2.75) is 13.5 Å². The van der Waals surface area contributed by atoms with E-state index in [1.807, 2.05) is 44.1 Å². The van der Waals surface area contributed by atoms with Gasteiger partial charge in [0.2, 0.25) is 0 Å². The molecule has 2 aromatic heterocycles. The first kappa shape index (κ1) is 13.9. The minimum atomic E-state index is 0.0541. The van der Waals surface area contributed by atoms with Crippen molar-refractivity contribution in [1.29, 1.82) is 0 Å². The molecule has 0 spiro atoms. The van der Waals surface area contributed by atoms with Crippen LogP contribution in [0.4, 0.5) is 5.82 Å². The maximum absolute atomic E-state index is 8.91. The molecule has 7 nitrogen and oxygen atoms in total. The van der Waals surface area contributed by atoms with Crippen molar-refractivity contribution in [2.24, 2.45) is 17.9 Å². The lowest BCUT2D eigenvalue weighted by Crippen LogP contribution is -2.24. The van der Waals surface area contributed by atoms with E-state index in [0.717, 1.165) is 11.5 Å². The molecule has 0 aliphatic heterocycles. The van der Waals surface area contributed by atoms with E-state index in [4.69, 9.17) is 10.9 Å². The van der Waals surface area contributed by atoms with Crippen molar-refractivity contribution in [3.8, 4) is 0 Å². The molecule has 0 saturated heterocycles. The second-order valence-electron chi connectivity index (χ2n) is 4.57. The largest absolute Gasteiger partial charge is 0.409 e. The molecule has 2 aromatic rings. The zero-order chi connectivity index (χ0) is 14.7. The molecule has 0 unspecified atom stereocenters. The molecular weight excluding hydrogens is 256 g/mol. The van der Waals surface area contributed by atoms with Crippen LogP contribution in [0.1, 0.15) is 17.0 Å². The molecule has 0 fully saturated rings. The minimum absolute atomic E-state index is 0.0541. The Morgan fingerprint density at radius 3 is 2.85 bits per heavy atom. The van der Waals surface area contributed by atoms with Crippen molar-refractivity contribution < 1.29 is 5.21 Å². The smallest absolute Gasteiger partial charge is 0.175 e. The van der Waals surface area contributed by atoms with Crippen LogP contribution in [0, 0.1) is 6.92 Å². The molecule has 3 N–H and O–H groups in total. The predicted octanol–water partition coefficient (Wildman–Crippen LogP) is 0.854. The lowest BCUT2D eigenvalue weighted by molar-refractivity contribution is 0.318. The Bertz CT molecular complexity index is 619. The quantitative estimate of drug-likeness (QED) is 0.373. The number of nitrogens with two attached hydrogens (primary N) is 1. The third kappa shape index (κ3) is 2.56. The summed E-state index contributed by atoms with van der Waals surface area (Å²) in [6, 6.07) is 5.76. The second kappa shape index (κ2) is 5.60. The SMILES string of the molecule is Cc1nn(C)c(N(C)Cc2ccccn2)c1C(N)=NO. The third-order valence-corrected chi connectivity index (χ3v) is 3.04. The Hall–Kier alpha value is -2.57. The first-order valence-electron chi connectivity index (χ1n) is 6.17. The van der Waals surface area contributed by atoms with E-state index in [-0.39, 0.29) is 5.84 Å². The van der Waals surface area contributed by atoms with Gasteiger partial charge in [0, 0.05) is 20.3 Å². The molecule has 0 radical (unpaired) electrons. The fourth-order valence-corrected chi connectivity index (χ4v) is 2.24. The summed E-state index contributed by atoms with van der Waals surface area (Å²) in [6.45, 7) is 2.43. The van der Waals surface area contributed by atoms with Gasteiger partial charge in [0.1, 0.15) is 5.82 Å². The highest BCUT2D eigenvalue weighted by atomic mass is 16.4. The molecule has 0 aliphatic rings. The van der Waals surface area contributed by atoms with Crippen LogP contribution < -0.4 is 10.6 Å². The van der Waals surface area contributed by atoms with Gasteiger partial charge in [-0.05, 0) is 19.1 Å². The Morgan fingerprint density at radius 1 is 1.50 bits per heavy atom. The molecule has 0 aliphatic carbocycles. The average molecular weight is 274 g/mol. The van der Waals surface area contributed by atoms with E-state index in [1.54, 1.807) is 10.9 Å². The molecular formula is C13H18N6O. The average Bonchev–Trinajstić information content (AvgIpc) is 2.73. The van der Waals surface area contributed by atoms with Gasteiger partial charge in [0.05, 0.1) is 23.5 Å². The van der Waals surface area contributed by atoms with Crippen LogP contribution in [-0.2, 0) is 13.6 Å². The van der Waals surface area contributed by atoms with Crippen LogP contribution in [0.25, 0.3) is 0 Å². The Balaban J connectivity index is 2.37. The molecule has 0 aromatic carbocycles. The second-order valence-corrected chi connectivity index (χ2v) is 4.57. The van der Waals surface area contributed by atoms with Gasteiger partial charge < -0.3 is 15.8 Å². The zero-order valence-electron chi connectivity index (χ0n) is 11.8. The Morgan fingerprint density at radius 2 is 2.25 bits per heavy atom. The van der Waals surface area contributed by atoms with Crippen molar-refractivity contribution in [2.75, 3.05) is 11.9 Å². The first-order valence-corrected chi connectivity index (χ1v) is 6.17. The number of nitrogens with zero attached hydrogens (tertiary/aromatic N) is 5. The van der Waals surface area contributed by atoms with Gasteiger partial charge in [-0.15, -0.1) is 0 Å². The molecule has 0 amide bonds. The van der Waals surface area contributed by atoms with Crippen molar-refractivity contribution in [3.05, 3.63) is 41.3 Å². The fraction of sp³-hybridized carbons (Fsp3) is 0.308. The first-order chi connectivity index (χ1) is 9.54. The van der Waals surface area contributed by atoms with Gasteiger partial charge in [0.15, 0.2) is 5.84 Å². The molecule has 2 rings (SSSR count). The lowest BCUT2D eigenvalue weighted by Gasteiger charge is -2.20. The summed E-state index contributed by atoms with van der Waals surface area (Å²) in [5.74, 6) is 0.835. The number of aryl methyl sites for hydroxylation is 2. The summed E-state index contributed by atoms with van der Waals surface area (Å²) in [7, 11) is 3.74. The molecule has 106 valence electrons. The van der Waals surface area contributed by atoms with Gasteiger partial charge >= 0.3 is 0 Å². The number of oxime groups is 1. The van der Waals surface area contributed by atoms with E-state index in [2.05, 4.69) is 15.2 Å². The number of hydrogen-bond donors (Lipinski definition) is 2. The summed E-state index contributed by atoms with van der Waals surface area (Å²) >= 11 is 0. The highest BCUT2D eigenvalue weighted by Gasteiger charge is 2.20. The molecule has 7 heteroatoms. The highest BCUT2D eigenvalue weighted by molar-refractivity contribution is 6.02. The Kier molecular flexibility index (Phi) is 3.88. The summed E-state index contributed by atoms with van der Waals surface area (Å²) in [5, 5.41) is 16.3. The van der Waals surface area contributed by atoms with Gasteiger partial charge in [-0.1, -0.05) is 11.2 Å². The summed E-state index contributed by atoms with van der Waals surface area (Å²) in [4.78, 5) is 6.26. The predicted molar refractivity (Wildman–Crippen MR) is 76.8 cm³/mol. The van der Waals surface area contributed by atoms with Crippen molar-refractivity contribution in [3.63, 3.8) is 0 Å². The summed E-state index contributed by atoms with van der Waals surface area (Å²) in [5.41, 5.74) is 8.02. The summed E-state index contributed by atoms with van der Waals surface area (Å²) in [6.07, 6.45) is 1.75. The van der Waals surface area contributed by atoms with Crippen LogP contribution in [0.3, 0.4) is 0 Å². The van der Waals surface area contributed by atoms with Gasteiger partial charge in [-0.3, -0.25) is 9.67 Å². The van der Waals surface area contributed by atoms with E-state index in [9.17, 15) is 0 Å². The van der Waals surface area contributed by atoms with Crippen LogP contribution in [0.2, 0.25) is 0 Å². The number of amidine groups is 1. The molecule has 0 saturated carbocycles. The van der Waals surface area contributed by atoms with Crippen molar-refractivity contribution >= 4 is 11.7 Å². The highest BCUT2D eigenvalue weighted by Crippen LogP contribution is 2.23. The van der Waals surface area contributed by atoms with Gasteiger partial charge in [0.25, 0.3) is 0 Å². The van der Waals surface area contributed by atoms with E-state index < -0.39 is 0 Å². The fourth-order valence-electron chi connectivity index (χ4n) is 2.24. The van der Waals surface area contributed by atoms with E-state index in [0.29, 0.717) is 17.8 Å². The normalized spacial score (nSPS) is 11.7. The van der Waals surface area contributed by atoms with E-state index in [1.165, 1.54) is 0 Å². The van der Waals surface area contributed by atoms with Crippen LogP contribution in [-0.4, -0.2) is 32.9 Å². The van der Waals surface area contributed by atoms with Crippen molar-refractivity contribution in [1.82, 2.24) is 14.8 Å². The van der Waals surface area contributed by atoms with Gasteiger partial charge in [-0.2, -0.15) is 5.10 Å². The monoisotopic (exact) mass is 274 g/mol. The standard InChI is InChI=1S/C13H18N6O/c1-9-11(12(14)17-20)13(19(3)16-9)18(2)8-10-6-4-5-7-15-10/h4-7,20H,8H2,1-3H3,(H2,14,17). The maximum atomic E-state index is 8.91. The molecule has 2 heterocycles. The van der Waals surface area contributed by atoms with Crippen LogP contribution in [0.15, 0.2) is 29.6 Å². The van der Waals surface area contributed by atoms with Crippen LogP contribution >= 0.6 is 0 Å². The zero-order valence-corrected chi connectivity index (χ0v) is 11.8. The molecule has 0 atom stereocenters. The minimum Gasteiger partial charge on any atom is -0.409 e. The number of hydrogen-bond acceptors (Lipinski definition) is 5. The number of pyridine rings is 1. The maximum Gasteiger partial charge on any atom is 0.175 e. The van der Waals surface area contributed by atoms with E-state index >= 15 is 0 Å². The number of rotatable bonds is 4.